The highest BCUT2D eigenvalue weighted by Gasteiger charge is 2.37. The first-order chi connectivity index (χ1) is 11.5. The second-order valence-corrected chi connectivity index (χ2v) is 5.67. The fourth-order valence-corrected chi connectivity index (χ4v) is 2.85. The van der Waals surface area contributed by atoms with Gasteiger partial charge in [-0.05, 0) is 37.3 Å². The van der Waals surface area contributed by atoms with Crippen molar-refractivity contribution in [3.05, 3.63) is 65.5 Å². The van der Waals surface area contributed by atoms with Gasteiger partial charge in [0, 0.05) is 11.1 Å². The average Bonchev–Trinajstić information content (AvgIpc) is 2.98. The monoisotopic (exact) mass is 328 g/mol. The van der Waals surface area contributed by atoms with Crippen LogP contribution in [0.25, 0.3) is 0 Å². The average molecular weight is 328 g/mol. The van der Waals surface area contributed by atoms with Crippen molar-refractivity contribution in [1.82, 2.24) is 4.90 Å². The Hall–Kier alpha value is -2.89. The number of carbonyl (C=O) groups excluding carboxylic acids is 2. The summed E-state index contributed by atoms with van der Waals surface area (Å²) in [4.78, 5) is 26.0. The van der Waals surface area contributed by atoms with Crippen LogP contribution in [0.15, 0.2) is 48.5 Å². The first-order valence-corrected chi connectivity index (χ1v) is 7.58. The summed E-state index contributed by atoms with van der Waals surface area (Å²) >= 11 is 0. The lowest BCUT2D eigenvalue weighted by molar-refractivity contribution is -0.122. The quantitative estimate of drug-likeness (QED) is 0.936. The summed E-state index contributed by atoms with van der Waals surface area (Å²) in [7, 11) is 0. The molecule has 0 spiro atoms. The van der Waals surface area contributed by atoms with Gasteiger partial charge in [-0.3, -0.25) is 9.59 Å². The summed E-state index contributed by atoms with van der Waals surface area (Å²) in [5, 5.41) is 0. The van der Waals surface area contributed by atoms with E-state index in [1.165, 1.54) is 23.1 Å². The Kier molecular flexibility index (Phi) is 4.20. The normalized spacial score (nSPS) is 16.8. The van der Waals surface area contributed by atoms with E-state index in [1.54, 1.807) is 37.3 Å². The van der Waals surface area contributed by atoms with E-state index < -0.39 is 23.8 Å². The van der Waals surface area contributed by atoms with Crippen molar-refractivity contribution in [2.24, 2.45) is 5.73 Å². The molecule has 0 bridgehead atoms. The first kappa shape index (κ1) is 16.0. The number of hydrogen-bond acceptors (Lipinski definition) is 3. The molecular weight excluding hydrogens is 311 g/mol. The lowest BCUT2D eigenvalue weighted by Gasteiger charge is -2.32. The number of carbonyl (C=O) groups is 2. The van der Waals surface area contributed by atoms with Crippen LogP contribution in [0, 0.1) is 5.82 Å². The molecule has 3 rings (SSSR count). The standard InChI is InChI=1S/C18H17FN2O3/c1-11(17(20)22)21(18(23)12-5-3-2-4-6-12)15-10-24-16-8-7-13(19)9-14(15)16/h2-9,11,15H,10H2,1H3,(H2,20,22)/t11-,15-/m1/s1. The van der Waals surface area contributed by atoms with Gasteiger partial charge in [-0.1, -0.05) is 18.2 Å². The van der Waals surface area contributed by atoms with Crippen LogP contribution in [0.4, 0.5) is 4.39 Å². The molecule has 6 heteroatoms. The second-order valence-electron chi connectivity index (χ2n) is 5.67. The molecule has 0 saturated carbocycles. The molecule has 2 N–H and O–H groups in total. The van der Waals surface area contributed by atoms with Gasteiger partial charge in [-0.2, -0.15) is 0 Å². The molecule has 1 aliphatic heterocycles. The zero-order valence-electron chi connectivity index (χ0n) is 13.1. The molecule has 2 atom stereocenters. The molecule has 0 aromatic heterocycles. The summed E-state index contributed by atoms with van der Waals surface area (Å²) in [5.41, 5.74) is 6.38. The molecule has 2 amide bonds. The largest absolute Gasteiger partial charge is 0.491 e. The highest BCUT2D eigenvalue weighted by Crippen LogP contribution is 2.38. The fourth-order valence-electron chi connectivity index (χ4n) is 2.85. The van der Waals surface area contributed by atoms with E-state index in [1.807, 2.05) is 0 Å². The van der Waals surface area contributed by atoms with E-state index in [2.05, 4.69) is 0 Å². The van der Waals surface area contributed by atoms with Gasteiger partial charge in [0.15, 0.2) is 0 Å². The Balaban J connectivity index is 2.03. The molecule has 0 saturated heterocycles. The molecule has 1 heterocycles. The van der Waals surface area contributed by atoms with Gasteiger partial charge < -0.3 is 15.4 Å². The molecule has 24 heavy (non-hydrogen) atoms. The third-order valence-corrected chi connectivity index (χ3v) is 4.15. The number of ether oxygens (including phenoxy) is 1. The third-order valence-electron chi connectivity index (χ3n) is 4.15. The third kappa shape index (κ3) is 2.82. The highest BCUT2D eigenvalue weighted by molar-refractivity contribution is 5.97. The van der Waals surface area contributed by atoms with E-state index in [0.717, 1.165) is 0 Å². The van der Waals surface area contributed by atoms with Gasteiger partial charge >= 0.3 is 0 Å². The maximum Gasteiger partial charge on any atom is 0.255 e. The minimum atomic E-state index is -0.861. The van der Waals surface area contributed by atoms with Crippen LogP contribution < -0.4 is 10.5 Å². The minimum Gasteiger partial charge on any atom is -0.491 e. The van der Waals surface area contributed by atoms with E-state index in [0.29, 0.717) is 16.9 Å². The number of rotatable bonds is 4. The zero-order valence-corrected chi connectivity index (χ0v) is 13.1. The summed E-state index contributed by atoms with van der Waals surface area (Å²) in [6, 6.07) is 11.3. The molecule has 0 aliphatic carbocycles. The van der Waals surface area contributed by atoms with E-state index >= 15 is 0 Å². The number of halogens is 1. The number of hydrogen-bond donors (Lipinski definition) is 1. The molecule has 5 nitrogen and oxygen atoms in total. The van der Waals surface area contributed by atoms with Crippen LogP contribution in [-0.2, 0) is 4.79 Å². The van der Waals surface area contributed by atoms with Crippen LogP contribution in [0.1, 0.15) is 28.9 Å². The Morgan fingerprint density at radius 1 is 1.25 bits per heavy atom. The molecule has 1 aliphatic rings. The van der Waals surface area contributed by atoms with Gasteiger partial charge in [-0.15, -0.1) is 0 Å². The predicted octanol–water partition coefficient (Wildman–Crippen LogP) is 2.28. The van der Waals surface area contributed by atoms with Crippen molar-refractivity contribution in [1.29, 1.82) is 0 Å². The van der Waals surface area contributed by atoms with Crippen molar-refractivity contribution in [2.45, 2.75) is 19.0 Å². The second kappa shape index (κ2) is 6.31. The molecular formula is C18H17FN2O3. The van der Waals surface area contributed by atoms with Gasteiger partial charge in [-0.25, -0.2) is 4.39 Å². The molecule has 124 valence electrons. The number of nitrogens with zero attached hydrogens (tertiary/aromatic N) is 1. The molecule has 2 aromatic rings. The Morgan fingerprint density at radius 3 is 2.62 bits per heavy atom. The number of nitrogens with two attached hydrogens (primary N) is 1. The van der Waals surface area contributed by atoms with Crippen molar-refractivity contribution >= 4 is 11.8 Å². The summed E-state index contributed by atoms with van der Waals surface area (Å²) in [6.45, 7) is 1.70. The summed E-state index contributed by atoms with van der Waals surface area (Å²) in [5.74, 6) is -0.913. The van der Waals surface area contributed by atoms with Crippen LogP contribution in [0.3, 0.4) is 0 Å². The van der Waals surface area contributed by atoms with E-state index in [-0.39, 0.29) is 12.5 Å². The number of primary amides is 1. The Labute approximate surface area is 138 Å². The van der Waals surface area contributed by atoms with Gasteiger partial charge in [0.25, 0.3) is 5.91 Å². The Bertz CT molecular complexity index is 779. The lowest BCUT2D eigenvalue weighted by Crippen LogP contribution is -2.48. The maximum absolute atomic E-state index is 13.6. The van der Waals surface area contributed by atoms with Gasteiger partial charge in [0.2, 0.25) is 5.91 Å². The van der Waals surface area contributed by atoms with E-state index in [9.17, 15) is 14.0 Å². The highest BCUT2D eigenvalue weighted by atomic mass is 19.1. The van der Waals surface area contributed by atoms with Crippen LogP contribution in [0.5, 0.6) is 5.75 Å². The summed E-state index contributed by atoms with van der Waals surface area (Å²) < 4.78 is 19.2. The topological polar surface area (TPSA) is 72.6 Å². The van der Waals surface area contributed by atoms with Crippen LogP contribution in [-0.4, -0.2) is 29.4 Å². The fraction of sp³-hybridized carbons (Fsp3) is 0.222. The smallest absolute Gasteiger partial charge is 0.255 e. The van der Waals surface area contributed by atoms with Crippen molar-refractivity contribution in [2.75, 3.05) is 6.61 Å². The SMILES string of the molecule is C[C@H](C(N)=O)N(C(=O)c1ccccc1)[C@@H]1COc2ccc(F)cc21. The number of fused-ring (bicyclic) bond motifs is 1. The Morgan fingerprint density at radius 2 is 1.96 bits per heavy atom. The number of benzene rings is 2. The van der Waals surface area contributed by atoms with Crippen molar-refractivity contribution in [3.63, 3.8) is 0 Å². The maximum atomic E-state index is 13.6. The predicted molar refractivity (Wildman–Crippen MR) is 85.9 cm³/mol. The van der Waals surface area contributed by atoms with E-state index in [4.69, 9.17) is 10.5 Å². The molecule has 0 radical (unpaired) electrons. The minimum absolute atomic E-state index is 0.148. The molecule has 2 aromatic carbocycles. The van der Waals surface area contributed by atoms with Crippen LogP contribution >= 0.6 is 0 Å². The zero-order chi connectivity index (χ0) is 17.3. The van der Waals surface area contributed by atoms with Crippen molar-refractivity contribution < 1.29 is 18.7 Å². The number of amides is 2. The molecule has 0 fully saturated rings. The first-order valence-electron chi connectivity index (χ1n) is 7.58. The van der Waals surface area contributed by atoms with Gasteiger partial charge in [0.1, 0.15) is 24.2 Å². The molecule has 0 unspecified atom stereocenters. The summed E-state index contributed by atoms with van der Waals surface area (Å²) in [6.07, 6.45) is 0. The van der Waals surface area contributed by atoms with Gasteiger partial charge in [0.05, 0.1) is 6.04 Å². The van der Waals surface area contributed by atoms with Crippen molar-refractivity contribution in [3.8, 4) is 5.75 Å². The lowest BCUT2D eigenvalue weighted by atomic mass is 10.0. The van der Waals surface area contributed by atoms with Crippen LogP contribution in [0.2, 0.25) is 0 Å².